The van der Waals surface area contributed by atoms with Gasteiger partial charge in [-0.25, -0.2) is 9.97 Å². The highest BCUT2D eigenvalue weighted by Gasteiger charge is 2.16. The molecule has 0 fully saturated rings. The molecule has 0 saturated carbocycles. The molecule has 31 heavy (non-hydrogen) atoms. The molecule has 160 valence electrons. The zero-order valence-electron chi connectivity index (χ0n) is 18.0. The second kappa shape index (κ2) is 8.64. The molecule has 1 atom stereocenters. The summed E-state index contributed by atoms with van der Waals surface area (Å²) in [7, 11) is 3.23. The van der Waals surface area contributed by atoms with Crippen LogP contribution in [0.5, 0.6) is 11.5 Å². The number of nitrogens with zero attached hydrogens (tertiary/aromatic N) is 2. The number of ether oxygens (including phenoxy) is 2. The molecule has 1 N–H and O–H groups in total. The third-order valence-corrected chi connectivity index (χ3v) is 7.57. The average molecular weight is 454 g/mol. The molecule has 0 amide bonds. The lowest BCUT2D eigenvalue weighted by Gasteiger charge is -2.16. The summed E-state index contributed by atoms with van der Waals surface area (Å²) in [5.74, 6) is 2.80. The first-order valence-electron chi connectivity index (χ1n) is 9.77. The van der Waals surface area contributed by atoms with E-state index in [1.807, 2.05) is 31.2 Å². The van der Waals surface area contributed by atoms with Gasteiger partial charge in [0, 0.05) is 26.1 Å². The van der Waals surface area contributed by atoms with E-state index in [1.54, 1.807) is 32.5 Å². The number of aromatic nitrogens is 2. The van der Waals surface area contributed by atoms with Gasteiger partial charge < -0.3 is 14.8 Å². The zero-order chi connectivity index (χ0) is 22.1. The van der Waals surface area contributed by atoms with Gasteiger partial charge in [-0.2, -0.15) is 0 Å². The Balaban J connectivity index is 1.64. The quantitative estimate of drug-likeness (QED) is 0.340. The number of thiophene rings is 2. The van der Waals surface area contributed by atoms with E-state index >= 15 is 0 Å². The molecule has 0 bridgehead atoms. The fraction of sp³-hybridized carbons (Fsp3) is 0.261. The maximum absolute atomic E-state index is 11.6. The van der Waals surface area contributed by atoms with Gasteiger partial charge in [0.2, 0.25) is 0 Å². The van der Waals surface area contributed by atoms with Crippen LogP contribution in [0.2, 0.25) is 0 Å². The lowest BCUT2D eigenvalue weighted by molar-refractivity contribution is 0.102. The molecule has 0 unspecified atom stereocenters. The Bertz CT molecular complexity index is 1260. The van der Waals surface area contributed by atoms with E-state index in [0.717, 1.165) is 31.4 Å². The first kappa shape index (κ1) is 21.3. The Morgan fingerprint density at radius 3 is 2.35 bits per heavy atom. The Morgan fingerprint density at radius 2 is 1.68 bits per heavy atom. The van der Waals surface area contributed by atoms with Crippen LogP contribution >= 0.6 is 22.7 Å². The number of fused-ring (bicyclic) bond motifs is 1. The second-order valence-electron chi connectivity index (χ2n) is 7.13. The van der Waals surface area contributed by atoms with E-state index in [-0.39, 0.29) is 11.8 Å². The van der Waals surface area contributed by atoms with Gasteiger partial charge in [-0.3, -0.25) is 4.79 Å². The number of carbonyl (C=O) groups excluding carboxylic acids is 1. The third-order valence-electron chi connectivity index (χ3n) is 4.92. The van der Waals surface area contributed by atoms with Crippen molar-refractivity contribution in [1.29, 1.82) is 0 Å². The van der Waals surface area contributed by atoms with Crippen LogP contribution in [0.4, 0.5) is 5.82 Å². The van der Waals surface area contributed by atoms with Crippen molar-refractivity contribution in [3.05, 3.63) is 52.0 Å². The topological polar surface area (TPSA) is 73.3 Å². The third kappa shape index (κ3) is 4.26. The molecule has 8 heteroatoms. The number of methoxy groups -OCH3 is 2. The summed E-state index contributed by atoms with van der Waals surface area (Å²) in [6.07, 6.45) is 0. The van der Waals surface area contributed by atoms with Crippen LogP contribution in [0.15, 0.2) is 36.4 Å². The predicted octanol–water partition coefficient (Wildman–Crippen LogP) is 6.12. The highest BCUT2D eigenvalue weighted by atomic mass is 32.1. The van der Waals surface area contributed by atoms with E-state index in [9.17, 15) is 4.79 Å². The van der Waals surface area contributed by atoms with Crippen molar-refractivity contribution in [2.75, 3.05) is 19.5 Å². The molecule has 0 saturated heterocycles. The molecule has 3 heterocycles. The summed E-state index contributed by atoms with van der Waals surface area (Å²) in [6.45, 7) is 5.58. The number of hydrogen-bond donors (Lipinski definition) is 1. The summed E-state index contributed by atoms with van der Waals surface area (Å²) in [4.78, 5) is 25.0. The van der Waals surface area contributed by atoms with Crippen molar-refractivity contribution >= 4 is 45.2 Å². The van der Waals surface area contributed by atoms with Crippen molar-refractivity contribution < 1.29 is 14.3 Å². The minimum Gasteiger partial charge on any atom is -0.493 e. The lowest BCUT2D eigenvalue weighted by atomic mass is 10.2. The summed E-state index contributed by atoms with van der Waals surface area (Å²) < 4.78 is 10.9. The molecule has 3 aromatic heterocycles. The van der Waals surface area contributed by atoms with Gasteiger partial charge in [0.25, 0.3) is 0 Å². The molecule has 6 nitrogen and oxygen atoms in total. The van der Waals surface area contributed by atoms with Crippen LogP contribution in [0.1, 0.15) is 40.3 Å². The number of carbonyl (C=O) groups is 1. The standard InChI is InChI=1S/C23H23N3O3S2/c1-12(19-6-8-21(30-19)22-9-7-20(31-22)13(2)27)24-23-15-10-17(28-4)18(29-5)11-16(15)25-14(3)26-23/h6-12H,1-5H3,(H,24,25,26)/t12-/m0/s1. The molecule has 0 radical (unpaired) electrons. The van der Waals surface area contributed by atoms with Crippen LogP contribution in [-0.4, -0.2) is 30.0 Å². The van der Waals surface area contributed by atoms with Gasteiger partial charge in [-0.05, 0) is 51.1 Å². The van der Waals surface area contributed by atoms with Crippen LogP contribution in [0, 0.1) is 6.92 Å². The molecule has 1 aromatic carbocycles. The van der Waals surface area contributed by atoms with Crippen molar-refractivity contribution in [3.63, 3.8) is 0 Å². The lowest BCUT2D eigenvalue weighted by Crippen LogP contribution is -2.08. The van der Waals surface area contributed by atoms with E-state index in [0.29, 0.717) is 17.3 Å². The number of Topliss-reactive ketones (excluding diaryl/α,β-unsaturated/α-hetero) is 1. The number of nitrogens with one attached hydrogen (secondary N) is 1. The maximum Gasteiger partial charge on any atom is 0.169 e. The normalized spacial score (nSPS) is 12.0. The summed E-state index contributed by atoms with van der Waals surface area (Å²) in [5, 5.41) is 4.40. The number of anilines is 1. The summed E-state index contributed by atoms with van der Waals surface area (Å²) in [6, 6.07) is 11.9. The summed E-state index contributed by atoms with van der Waals surface area (Å²) >= 11 is 3.24. The van der Waals surface area contributed by atoms with Crippen LogP contribution < -0.4 is 14.8 Å². The van der Waals surface area contributed by atoms with E-state index in [1.165, 1.54) is 16.2 Å². The van der Waals surface area contributed by atoms with Crippen LogP contribution in [-0.2, 0) is 0 Å². The summed E-state index contributed by atoms with van der Waals surface area (Å²) in [5.41, 5.74) is 0.794. The first-order valence-corrected chi connectivity index (χ1v) is 11.4. The predicted molar refractivity (Wildman–Crippen MR) is 127 cm³/mol. The molecular weight excluding hydrogens is 430 g/mol. The number of rotatable bonds is 7. The Morgan fingerprint density at radius 1 is 1.00 bits per heavy atom. The fourth-order valence-corrected chi connectivity index (χ4v) is 5.34. The molecule has 0 spiro atoms. The smallest absolute Gasteiger partial charge is 0.169 e. The maximum atomic E-state index is 11.6. The van der Waals surface area contributed by atoms with Gasteiger partial charge in [-0.1, -0.05) is 0 Å². The minimum absolute atomic E-state index is 0.0385. The van der Waals surface area contributed by atoms with Crippen molar-refractivity contribution in [1.82, 2.24) is 9.97 Å². The van der Waals surface area contributed by atoms with Crippen molar-refractivity contribution in [2.45, 2.75) is 26.8 Å². The van der Waals surface area contributed by atoms with E-state index in [2.05, 4.69) is 34.3 Å². The van der Waals surface area contributed by atoms with Crippen LogP contribution in [0.25, 0.3) is 20.7 Å². The number of aryl methyl sites for hydroxylation is 1. The number of hydrogen-bond acceptors (Lipinski definition) is 8. The molecule has 0 aliphatic heterocycles. The van der Waals surface area contributed by atoms with Gasteiger partial charge in [0.1, 0.15) is 11.6 Å². The van der Waals surface area contributed by atoms with Gasteiger partial charge in [0.15, 0.2) is 17.3 Å². The highest BCUT2D eigenvalue weighted by molar-refractivity contribution is 7.23. The number of benzene rings is 1. The minimum atomic E-state index is 0.0385. The number of ketones is 1. The van der Waals surface area contributed by atoms with Gasteiger partial charge in [-0.15, -0.1) is 22.7 Å². The second-order valence-corrected chi connectivity index (χ2v) is 9.33. The van der Waals surface area contributed by atoms with Crippen molar-refractivity contribution in [2.24, 2.45) is 0 Å². The molecule has 0 aliphatic rings. The molecule has 4 rings (SSSR count). The first-order chi connectivity index (χ1) is 14.9. The molecular formula is C23H23N3O3S2. The van der Waals surface area contributed by atoms with Gasteiger partial charge >= 0.3 is 0 Å². The largest absolute Gasteiger partial charge is 0.493 e. The average Bonchev–Trinajstić information content (AvgIpc) is 3.42. The fourth-order valence-electron chi connectivity index (χ4n) is 3.34. The Labute approximate surface area is 188 Å². The highest BCUT2D eigenvalue weighted by Crippen LogP contribution is 2.38. The molecule has 0 aliphatic carbocycles. The van der Waals surface area contributed by atoms with E-state index in [4.69, 9.17) is 9.47 Å². The van der Waals surface area contributed by atoms with Crippen LogP contribution in [0.3, 0.4) is 0 Å². The SMILES string of the molecule is COc1cc2nc(C)nc(N[C@@H](C)c3ccc(-c4ccc(C(C)=O)s4)s3)c2cc1OC. The van der Waals surface area contributed by atoms with Gasteiger partial charge in [0.05, 0.1) is 30.7 Å². The monoisotopic (exact) mass is 453 g/mol. The Kier molecular flexibility index (Phi) is 5.93. The molecule has 4 aromatic rings. The Hall–Kier alpha value is -2.97. The van der Waals surface area contributed by atoms with Crippen molar-refractivity contribution in [3.8, 4) is 21.3 Å². The van der Waals surface area contributed by atoms with E-state index < -0.39 is 0 Å². The zero-order valence-corrected chi connectivity index (χ0v) is 19.6.